The van der Waals surface area contributed by atoms with Crippen LogP contribution >= 0.6 is 0 Å². The van der Waals surface area contributed by atoms with Crippen molar-refractivity contribution in [3.05, 3.63) is 18.2 Å². The molecule has 190 valence electrons. The number of amides is 1. The number of fused-ring (bicyclic) bond motifs is 2. The van der Waals surface area contributed by atoms with E-state index < -0.39 is 13.0 Å². The average Bonchev–Trinajstić information content (AvgIpc) is 3.40. The summed E-state index contributed by atoms with van der Waals surface area (Å²) in [6.07, 6.45) is 4.40. The number of alkyl halides is 2. The summed E-state index contributed by atoms with van der Waals surface area (Å²) in [7, 11) is 1.77. The van der Waals surface area contributed by atoms with Gasteiger partial charge in [-0.1, -0.05) is 0 Å². The van der Waals surface area contributed by atoms with Crippen molar-refractivity contribution < 1.29 is 13.6 Å². The second-order valence-electron chi connectivity index (χ2n) is 9.03. The molecule has 0 bridgehead atoms. The van der Waals surface area contributed by atoms with E-state index >= 15 is 0 Å². The zero-order valence-corrected chi connectivity index (χ0v) is 20.3. The highest BCUT2D eigenvalue weighted by Gasteiger charge is 2.24. The van der Waals surface area contributed by atoms with Crippen LogP contribution in [0.15, 0.2) is 12.4 Å². The van der Waals surface area contributed by atoms with Crippen molar-refractivity contribution in [2.75, 3.05) is 17.7 Å². The van der Waals surface area contributed by atoms with Gasteiger partial charge in [-0.05, 0) is 32.6 Å². The predicted molar refractivity (Wildman–Crippen MR) is 132 cm³/mol. The highest BCUT2D eigenvalue weighted by Crippen LogP contribution is 2.33. The molecule has 4 N–H and O–H groups in total. The molecule has 0 aliphatic heterocycles. The van der Waals surface area contributed by atoms with E-state index in [-0.39, 0.29) is 18.0 Å². The van der Waals surface area contributed by atoms with Crippen LogP contribution in [0.1, 0.15) is 38.4 Å². The van der Waals surface area contributed by atoms with E-state index in [1.165, 1.54) is 4.57 Å². The molecule has 4 aromatic rings. The Labute approximate surface area is 205 Å². The van der Waals surface area contributed by atoms with Crippen molar-refractivity contribution in [2.45, 2.75) is 64.6 Å². The molecule has 0 unspecified atom stereocenters. The maximum absolute atomic E-state index is 13.1. The summed E-state index contributed by atoms with van der Waals surface area (Å²) >= 11 is 0. The van der Waals surface area contributed by atoms with E-state index in [1.54, 1.807) is 33.3 Å². The van der Waals surface area contributed by atoms with Crippen molar-refractivity contribution in [3.63, 3.8) is 0 Å². The summed E-state index contributed by atoms with van der Waals surface area (Å²) in [6.45, 7) is 2.70. The number of nitrogens with zero attached hydrogens (tertiary/aromatic N) is 6. The Kier molecular flexibility index (Phi) is 6.37. The van der Waals surface area contributed by atoms with Gasteiger partial charge in [0.05, 0.1) is 23.8 Å². The first kappa shape index (κ1) is 23.8. The highest BCUT2D eigenvalue weighted by molar-refractivity contribution is 6.01. The van der Waals surface area contributed by atoms with Crippen molar-refractivity contribution in [1.29, 1.82) is 0 Å². The highest BCUT2D eigenvalue weighted by atomic mass is 19.3. The molecule has 1 saturated carbocycles. The van der Waals surface area contributed by atoms with E-state index in [1.807, 2.05) is 0 Å². The molecule has 5 rings (SSSR count). The molecule has 0 saturated heterocycles. The van der Waals surface area contributed by atoms with Crippen LogP contribution in [-0.4, -0.2) is 65.9 Å². The minimum absolute atomic E-state index is 0.00106. The zero-order valence-electron chi connectivity index (χ0n) is 20.3. The normalized spacial score (nSPS) is 18.2. The third-order valence-corrected chi connectivity index (χ3v) is 6.48. The number of hydrogen-bond donors (Lipinski definition) is 4. The number of nitrogens with one attached hydrogen (secondary N) is 4. The Hall–Kier alpha value is -3.90. The molecule has 0 spiro atoms. The zero-order chi connectivity index (χ0) is 25.4. The molecule has 1 aliphatic rings. The summed E-state index contributed by atoms with van der Waals surface area (Å²) in [4.78, 5) is 37.0. The summed E-state index contributed by atoms with van der Waals surface area (Å²) in [6, 6.07) is 0.417. The Morgan fingerprint density at radius 2 is 1.92 bits per heavy atom. The van der Waals surface area contributed by atoms with Crippen LogP contribution in [0.4, 0.5) is 20.5 Å². The standard InChI is InChI=1S/C23H28F2N10O/c1-11-29-21-22(35(11)10-17(24)25)32-16(9-28-21)15-8-27-20-18(15)19(26-3)33-23(34-20)31-14-6-4-13(5-7-14)30-12(2)36/h8-9,13-14,17H,4-7,10H2,1-3H3,(H,30,36)(H3,26,27,31,33,34)/t13-,14-. The van der Waals surface area contributed by atoms with Gasteiger partial charge >= 0.3 is 0 Å². The summed E-state index contributed by atoms with van der Waals surface area (Å²) in [5, 5.41) is 10.3. The number of hydrogen-bond acceptors (Lipinski definition) is 8. The molecule has 36 heavy (non-hydrogen) atoms. The average molecular weight is 499 g/mol. The molecule has 4 heterocycles. The smallest absolute Gasteiger partial charge is 0.256 e. The number of carbonyl (C=O) groups excluding carboxylic acids is 1. The SMILES string of the molecule is CNc1nc(N[C@H]2CC[C@H](NC(C)=O)CC2)nc2[nH]cc(-c3cnc4nc(C)n(CC(F)F)c4n3)c12. The monoisotopic (exact) mass is 498 g/mol. The Balaban J connectivity index is 1.43. The number of aromatic amines is 1. The Bertz CT molecular complexity index is 1410. The fraction of sp³-hybridized carbons (Fsp3) is 0.478. The van der Waals surface area contributed by atoms with Gasteiger partial charge in [0.1, 0.15) is 17.3 Å². The topological polar surface area (TPSA) is 138 Å². The second kappa shape index (κ2) is 9.63. The summed E-state index contributed by atoms with van der Waals surface area (Å²) < 4.78 is 27.6. The van der Waals surface area contributed by atoms with Crippen LogP contribution in [0, 0.1) is 6.92 Å². The third kappa shape index (κ3) is 4.64. The van der Waals surface area contributed by atoms with Gasteiger partial charge < -0.3 is 25.5 Å². The molecular weight excluding hydrogens is 470 g/mol. The first-order valence-electron chi connectivity index (χ1n) is 11.9. The molecule has 0 aromatic carbocycles. The quantitative estimate of drug-likeness (QED) is 0.305. The van der Waals surface area contributed by atoms with Gasteiger partial charge in [-0.25, -0.2) is 23.7 Å². The Morgan fingerprint density at radius 3 is 2.61 bits per heavy atom. The van der Waals surface area contributed by atoms with Crippen LogP contribution in [-0.2, 0) is 11.3 Å². The Morgan fingerprint density at radius 1 is 1.17 bits per heavy atom. The maximum atomic E-state index is 13.1. The molecule has 13 heteroatoms. The van der Waals surface area contributed by atoms with Gasteiger partial charge in [-0.3, -0.25) is 4.79 Å². The minimum Gasteiger partial charge on any atom is -0.372 e. The number of aryl methyl sites for hydroxylation is 1. The van der Waals surface area contributed by atoms with Crippen LogP contribution in [0.25, 0.3) is 33.6 Å². The number of anilines is 2. The van der Waals surface area contributed by atoms with Crippen LogP contribution in [0.5, 0.6) is 0 Å². The lowest BCUT2D eigenvalue weighted by molar-refractivity contribution is -0.119. The molecule has 0 atom stereocenters. The molecule has 0 radical (unpaired) electrons. The van der Waals surface area contributed by atoms with E-state index in [4.69, 9.17) is 0 Å². The fourth-order valence-electron chi connectivity index (χ4n) is 4.82. The number of H-pyrrole nitrogens is 1. The van der Waals surface area contributed by atoms with Gasteiger partial charge in [0.2, 0.25) is 11.9 Å². The first-order chi connectivity index (χ1) is 17.3. The first-order valence-corrected chi connectivity index (χ1v) is 11.9. The molecule has 1 amide bonds. The van der Waals surface area contributed by atoms with Crippen LogP contribution in [0.2, 0.25) is 0 Å². The summed E-state index contributed by atoms with van der Waals surface area (Å²) in [5.74, 6) is 1.53. The molecular formula is C23H28F2N10O. The number of carbonyl (C=O) groups is 1. The van der Waals surface area contributed by atoms with Crippen LogP contribution in [0.3, 0.4) is 0 Å². The lowest BCUT2D eigenvalue weighted by Gasteiger charge is -2.29. The molecule has 1 fully saturated rings. The van der Waals surface area contributed by atoms with Crippen molar-refractivity contribution in [1.82, 2.24) is 39.8 Å². The third-order valence-electron chi connectivity index (χ3n) is 6.48. The van der Waals surface area contributed by atoms with Gasteiger partial charge in [0.15, 0.2) is 11.3 Å². The molecule has 11 nitrogen and oxygen atoms in total. The molecule has 1 aliphatic carbocycles. The minimum atomic E-state index is -2.53. The maximum Gasteiger partial charge on any atom is 0.256 e. The van der Waals surface area contributed by atoms with Crippen LogP contribution < -0.4 is 16.0 Å². The van der Waals surface area contributed by atoms with Crippen molar-refractivity contribution in [3.8, 4) is 11.3 Å². The van der Waals surface area contributed by atoms with E-state index in [2.05, 4.69) is 45.9 Å². The lowest BCUT2D eigenvalue weighted by atomic mass is 9.91. The number of imidazole rings is 1. The number of rotatable bonds is 7. The van der Waals surface area contributed by atoms with Crippen molar-refractivity contribution >= 4 is 40.0 Å². The van der Waals surface area contributed by atoms with Gasteiger partial charge in [0.25, 0.3) is 6.43 Å². The molecule has 4 aromatic heterocycles. The van der Waals surface area contributed by atoms with Gasteiger partial charge in [-0.15, -0.1) is 0 Å². The number of halogens is 2. The van der Waals surface area contributed by atoms with E-state index in [0.717, 1.165) is 31.1 Å². The predicted octanol–water partition coefficient (Wildman–Crippen LogP) is 3.24. The summed E-state index contributed by atoms with van der Waals surface area (Å²) in [5.41, 5.74) is 2.44. The van der Waals surface area contributed by atoms with Gasteiger partial charge in [0, 0.05) is 37.8 Å². The number of aromatic nitrogens is 7. The fourth-order valence-corrected chi connectivity index (χ4v) is 4.82. The van der Waals surface area contributed by atoms with Gasteiger partial charge in [-0.2, -0.15) is 9.97 Å². The van der Waals surface area contributed by atoms with E-state index in [9.17, 15) is 13.6 Å². The van der Waals surface area contributed by atoms with E-state index in [0.29, 0.717) is 45.8 Å². The van der Waals surface area contributed by atoms with Crippen molar-refractivity contribution in [2.24, 2.45) is 0 Å². The second-order valence-corrected chi connectivity index (χ2v) is 9.03. The largest absolute Gasteiger partial charge is 0.372 e. The lowest BCUT2D eigenvalue weighted by Crippen LogP contribution is -2.39.